The molecule has 1 saturated heterocycles. The van der Waals surface area contributed by atoms with E-state index in [0.717, 1.165) is 17.1 Å². The molecule has 1 aliphatic rings. The van der Waals surface area contributed by atoms with Crippen LogP contribution in [0.1, 0.15) is 18.4 Å². The average molecular weight is 519 g/mol. The Balaban J connectivity index is 1.55. The maximum atomic E-state index is 13.7. The fourth-order valence-corrected chi connectivity index (χ4v) is 6.23. The Hall–Kier alpha value is -2.81. The van der Waals surface area contributed by atoms with Crippen LogP contribution in [0.15, 0.2) is 71.6 Å². The number of hydrogen-bond donors (Lipinski definition) is 0. The van der Waals surface area contributed by atoms with Gasteiger partial charge in [0.1, 0.15) is 17.3 Å². The van der Waals surface area contributed by atoms with Crippen LogP contribution in [0.5, 0.6) is 11.5 Å². The van der Waals surface area contributed by atoms with Gasteiger partial charge in [-0.1, -0.05) is 17.7 Å². The molecule has 3 aromatic carbocycles. The Morgan fingerprint density at radius 2 is 1.63 bits per heavy atom. The maximum absolute atomic E-state index is 13.7. The molecule has 0 unspecified atom stereocenters. The van der Waals surface area contributed by atoms with Gasteiger partial charge in [0, 0.05) is 42.3 Å². The first-order chi connectivity index (χ1) is 16.8. The van der Waals surface area contributed by atoms with Crippen LogP contribution in [-0.2, 0) is 16.6 Å². The highest BCUT2D eigenvalue weighted by Crippen LogP contribution is 2.32. The monoisotopic (exact) mass is 518 g/mol. The van der Waals surface area contributed by atoms with Crippen LogP contribution in [0.25, 0.3) is 0 Å². The van der Waals surface area contributed by atoms with Crippen molar-refractivity contribution in [3.63, 3.8) is 0 Å². The molecule has 3 aromatic rings. The second-order valence-electron chi connectivity index (χ2n) is 8.42. The number of methoxy groups -OCH3 is 2. The van der Waals surface area contributed by atoms with Gasteiger partial charge in [-0.25, -0.2) is 12.8 Å². The van der Waals surface area contributed by atoms with Crippen molar-refractivity contribution in [2.45, 2.75) is 30.3 Å². The third-order valence-electron chi connectivity index (χ3n) is 6.23. The van der Waals surface area contributed by atoms with Crippen LogP contribution in [0.3, 0.4) is 0 Å². The van der Waals surface area contributed by atoms with Crippen LogP contribution in [-0.4, -0.2) is 46.7 Å². The van der Waals surface area contributed by atoms with Crippen LogP contribution >= 0.6 is 11.6 Å². The van der Waals surface area contributed by atoms with Crippen molar-refractivity contribution in [1.29, 1.82) is 0 Å². The van der Waals surface area contributed by atoms with E-state index >= 15 is 0 Å². The van der Waals surface area contributed by atoms with E-state index in [2.05, 4.69) is 4.90 Å². The van der Waals surface area contributed by atoms with E-state index in [0.29, 0.717) is 43.2 Å². The Morgan fingerprint density at radius 1 is 0.971 bits per heavy atom. The lowest BCUT2D eigenvalue weighted by Crippen LogP contribution is -2.47. The van der Waals surface area contributed by atoms with E-state index in [4.69, 9.17) is 21.1 Å². The Kier molecular flexibility index (Phi) is 7.84. The quantitative estimate of drug-likeness (QED) is 0.402. The molecule has 0 N–H and O–H groups in total. The highest BCUT2D eigenvalue weighted by atomic mass is 35.5. The number of benzene rings is 3. The SMILES string of the molecule is COc1ccc(CN2CCC(N(c3ccc(F)cc3)S(=O)(=O)c3ccc(Cl)cc3)CC2)c(OC)c1. The second kappa shape index (κ2) is 10.8. The minimum Gasteiger partial charge on any atom is -0.497 e. The third kappa shape index (κ3) is 5.72. The minimum absolute atomic E-state index is 0.150. The molecule has 35 heavy (non-hydrogen) atoms. The predicted molar refractivity (Wildman–Crippen MR) is 135 cm³/mol. The molecular formula is C26H28ClFN2O4S. The number of nitrogens with zero attached hydrogens (tertiary/aromatic N) is 2. The number of halogens is 2. The normalized spacial score (nSPS) is 15.1. The van der Waals surface area contributed by atoms with Crippen molar-refractivity contribution >= 4 is 27.3 Å². The molecule has 0 bridgehead atoms. The molecule has 6 nitrogen and oxygen atoms in total. The van der Waals surface area contributed by atoms with Gasteiger partial charge in [-0.2, -0.15) is 0 Å². The molecule has 0 spiro atoms. The number of anilines is 1. The highest BCUT2D eigenvalue weighted by Gasteiger charge is 2.34. The summed E-state index contributed by atoms with van der Waals surface area (Å²) in [7, 11) is -0.631. The molecule has 9 heteroatoms. The van der Waals surface area contributed by atoms with E-state index < -0.39 is 15.8 Å². The molecule has 0 atom stereocenters. The fraction of sp³-hybridized carbons (Fsp3) is 0.308. The fourth-order valence-electron chi connectivity index (χ4n) is 4.39. The zero-order valence-electron chi connectivity index (χ0n) is 19.7. The molecule has 0 radical (unpaired) electrons. The van der Waals surface area contributed by atoms with Gasteiger partial charge in [-0.3, -0.25) is 9.21 Å². The number of piperidine rings is 1. The summed E-state index contributed by atoms with van der Waals surface area (Å²) in [4.78, 5) is 2.43. The first kappa shape index (κ1) is 25.3. The largest absolute Gasteiger partial charge is 0.497 e. The zero-order valence-corrected chi connectivity index (χ0v) is 21.2. The molecule has 1 fully saturated rings. The van der Waals surface area contributed by atoms with Crippen molar-refractivity contribution in [2.24, 2.45) is 0 Å². The van der Waals surface area contributed by atoms with Crippen LogP contribution in [0, 0.1) is 5.82 Å². The Morgan fingerprint density at radius 3 is 2.23 bits per heavy atom. The van der Waals surface area contributed by atoms with Gasteiger partial charge in [-0.05, 0) is 67.4 Å². The molecule has 0 aliphatic carbocycles. The summed E-state index contributed by atoms with van der Waals surface area (Å²) in [5.74, 6) is 1.07. The predicted octanol–water partition coefficient (Wildman–Crippen LogP) is 5.36. The topological polar surface area (TPSA) is 59.1 Å². The van der Waals surface area contributed by atoms with Crippen molar-refractivity contribution in [2.75, 3.05) is 31.6 Å². The Bertz CT molecular complexity index is 1250. The lowest BCUT2D eigenvalue weighted by atomic mass is 10.0. The first-order valence-electron chi connectivity index (χ1n) is 11.3. The number of likely N-dealkylation sites (tertiary alicyclic amines) is 1. The maximum Gasteiger partial charge on any atom is 0.264 e. The lowest BCUT2D eigenvalue weighted by molar-refractivity contribution is 0.204. The third-order valence-corrected chi connectivity index (χ3v) is 8.38. The van der Waals surface area contributed by atoms with Crippen LogP contribution < -0.4 is 13.8 Å². The van der Waals surface area contributed by atoms with Gasteiger partial charge in [0.05, 0.1) is 24.8 Å². The smallest absolute Gasteiger partial charge is 0.264 e. The van der Waals surface area contributed by atoms with E-state index in [9.17, 15) is 12.8 Å². The lowest BCUT2D eigenvalue weighted by Gasteiger charge is -2.39. The zero-order chi connectivity index (χ0) is 25.0. The molecule has 1 heterocycles. The van der Waals surface area contributed by atoms with Gasteiger partial charge >= 0.3 is 0 Å². The number of rotatable bonds is 8. The summed E-state index contributed by atoms with van der Waals surface area (Å²) in [6, 6.07) is 17.2. The second-order valence-corrected chi connectivity index (χ2v) is 10.7. The number of sulfonamides is 1. The highest BCUT2D eigenvalue weighted by molar-refractivity contribution is 7.92. The van der Waals surface area contributed by atoms with Crippen molar-refractivity contribution in [3.05, 3.63) is 83.1 Å². The van der Waals surface area contributed by atoms with Crippen molar-refractivity contribution < 1.29 is 22.3 Å². The summed E-state index contributed by atoms with van der Waals surface area (Å²) in [5, 5.41) is 0.458. The summed E-state index contributed by atoms with van der Waals surface area (Å²) in [5.41, 5.74) is 1.48. The van der Waals surface area contributed by atoms with Gasteiger partial charge in [0.15, 0.2) is 0 Å². The molecule has 0 saturated carbocycles. The van der Waals surface area contributed by atoms with Crippen LogP contribution in [0.2, 0.25) is 5.02 Å². The molecular weight excluding hydrogens is 491 g/mol. The number of hydrogen-bond acceptors (Lipinski definition) is 5. The van der Waals surface area contributed by atoms with Gasteiger partial charge in [-0.15, -0.1) is 0 Å². The average Bonchev–Trinajstić information content (AvgIpc) is 2.87. The molecule has 4 rings (SSSR count). The minimum atomic E-state index is -3.88. The summed E-state index contributed by atoms with van der Waals surface area (Å²) < 4.78 is 53.2. The summed E-state index contributed by atoms with van der Waals surface area (Å²) in [6.07, 6.45) is 1.26. The summed E-state index contributed by atoms with van der Waals surface area (Å²) >= 11 is 5.97. The van der Waals surface area contributed by atoms with Crippen molar-refractivity contribution in [3.8, 4) is 11.5 Å². The standard InChI is InChI=1S/C26H28ClFN2O4S/c1-33-24-10-3-19(26(17-24)34-2)18-29-15-13-23(14-16-29)30(22-8-6-21(28)7-9-22)35(31,32)25-11-4-20(27)5-12-25/h3-12,17,23H,13-16,18H2,1-2H3. The van der Waals surface area contributed by atoms with Crippen LogP contribution in [0.4, 0.5) is 10.1 Å². The van der Waals surface area contributed by atoms with E-state index in [-0.39, 0.29) is 10.9 Å². The molecule has 0 aromatic heterocycles. The van der Waals surface area contributed by atoms with Gasteiger partial charge in [0.25, 0.3) is 10.0 Å². The van der Waals surface area contributed by atoms with E-state index in [1.54, 1.807) is 26.4 Å². The van der Waals surface area contributed by atoms with Gasteiger partial charge in [0.2, 0.25) is 0 Å². The molecule has 1 aliphatic heterocycles. The van der Waals surface area contributed by atoms with Crippen molar-refractivity contribution in [1.82, 2.24) is 4.90 Å². The molecule has 0 amide bonds. The van der Waals surface area contributed by atoms with E-state index in [1.807, 2.05) is 18.2 Å². The number of ether oxygens (including phenoxy) is 2. The Labute approximate surface area is 210 Å². The first-order valence-corrected chi connectivity index (χ1v) is 13.1. The van der Waals surface area contributed by atoms with E-state index in [1.165, 1.54) is 40.7 Å². The van der Waals surface area contributed by atoms with Gasteiger partial charge < -0.3 is 9.47 Å². The summed E-state index contributed by atoms with van der Waals surface area (Å²) in [6.45, 7) is 2.09. The molecule has 186 valence electrons.